The van der Waals surface area contributed by atoms with Crippen molar-refractivity contribution in [3.8, 4) is 5.75 Å². The lowest BCUT2D eigenvalue weighted by molar-refractivity contribution is -0.389. The maximum atomic E-state index is 10.6. The van der Waals surface area contributed by atoms with E-state index >= 15 is 0 Å². The summed E-state index contributed by atoms with van der Waals surface area (Å²) in [6.07, 6.45) is 0. The Bertz CT molecular complexity index is 485. The average Bonchev–Trinajstić information content (AvgIpc) is 2.25. The predicted octanol–water partition coefficient (Wildman–Crippen LogP) is 0.966. The first-order valence-corrected chi connectivity index (χ1v) is 4.19. The molecule has 1 aromatic carbocycles. The van der Waals surface area contributed by atoms with Crippen LogP contribution in [0.3, 0.4) is 0 Å². The van der Waals surface area contributed by atoms with Crippen LogP contribution in [-0.2, 0) is 4.79 Å². The number of aliphatic carboxylic acids is 1. The van der Waals surface area contributed by atoms with Gasteiger partial charge < -0.3 is 9.84 Å². The molecule has 0 saturated heterocycles. The summed E-state index contributed by atoms with van der Waals surface area (Å²) in [5.74, 6) is -1.79. The summed E-state index contributed by atoms with van der Waals surface area (Å²) in [5, 5.41) is 29.3. The van der Waals surface area contributed by atoms with Gasteiger partial charge in [-0.05, 0) is 0 Å². The van der Waals surface area contributed by atoms with E-state index in [4.69, 9.17) is 5.11 Å². The Hall–Kier alpha value is -2.71. The fraction of sp³-hybridized carbons (Fsp3) is 0.125. The van der Waals surface area contributed by atoms with Gasteiger partial charge >= 0.3 is 11.7 Å². The van der Waals surface area contributed by atoms with Crippen molar-refractivity contribution >= 4 is 17.3 Å². The number of nitrogens with zero attached hydrogens (tertiary/aromatic N) is 2. The predicted molar refractivity (Wildman–Crippen MR) is 52.9 cm³/mol. The number of ether oxygens (including phenoxy) is 1. The van der Waals surface area contributed by atoms with Gasteiger partial charge in [-0.15, -0.1) is 0 Å². The van der Waals surface area contributed by atoms with Crippen LogP contribution in [0.5, 0.6) is 5.75 Å². The molecule has 0 unspecified atom stereocenters. The highest BCUT2D eigenvalue weighted by Gasteiger charge is 2.20. The van der Waals surface area contributed by atoms with Gasteiger partial charge in [-0.2, -0.15) is 0 Å². The zero-order valence-electron chi connectivity index (χ0n) is 8.23. The zero-order valence-corrected chi connectivity index (χ0v) is 8.23. The van der Waals surface area contributed by atoms with Crippen molar-refractivity contribution in [2.45, 2.75) is 0 Å². The van der Waals surface area contributed by atoms with Crippen molar-refractivity contribution in [1.29, 1.82) is 0 Å². The Morgan fingerprint density at radius 3 is 2.41 bits per heavy atom. The van der Waals surface area contributed by atoms with E-state index in [2.05, 4.69) is 4.74 Å². The summed E-state index contributed by atoms with van der Waals surface area (Å²) in [6.45, 7) is -0.817. The third-order valence-corrected chi connectivity index (χ3v) is 1.70. The topological polar surface area (TPSA) is 133 Å². The number of benzene rings is 1. The molecule has 9 heteroatoms. The molecule has 90 valence electrons. The van der Waals surface area contributed by atoms with Gasteiger partial charge in [0.2, 0.25) is 5.75 Å². The van der Waals surface area contributed by atoms with Crippen molar-refractivity contribution < 1.29 is 24.5 Å². The van der Waals surface area contributed by atoms with Crippen LogP contribution in [0, 0.1) is 20.2 Å². The van der Waals surface area contributed by atoms with Gasteiger partial charge in [-0.3, -0.25) is 20.2 Å². The van der Waals surface area contributed by atoms with Crippen molar-refractivity contribution in [3.05, 3.63) is 38.4 Å². The number of carbonyl (C=O) groups is 1. The number of nitro benzene ring substituents is 2. The molecule has 0 amide bonds. The largest absolute Gasteiger partial charge is 0.479 e. The Kier molecular flexibility index (Phi) is 3.55. The highest BCUT2D eigenvalue weighted by Crippen LogP contribution is 2.30. The molecular formula is C8H6N2O7. The van der Waals surface area contributed by atoms with Crippen LogP contribution in [0.25, 0.3) is 0 Å². The van der Waals surface area contributed by atoms with Gasteiger partial charge in [0, 0.05) is 12.1 Å². The van der Waals surface area contributed by atoms with Crippen LogP contribution in [0.4, 0.5) is 11.4 Å². The SMILES string of the molecule is O=C(O)COc1cc([N+](=O)[O-])ccc1[N+](=O)[O-]. The van der Waals surface area contributed by atoms with Gasteiger partial charge in [-0.25, -0.2) is 4.79 Å². The fourth-order valence-corrected chi connectivity index (χ4v) is 1.02. The molecule has 1 aromatic rings. The highest BCUT2D eigenvalue weighted by molar-refractivity contribution is 5.69. The third-order valence-electron chi connectivity index (χ3n) is 1.70. The molecule has 0 saturated carbocycles. The van der Waals surface area contributed by atoms with E-state index in [0.717, 1.165) is 18.2 Å². The van der Waals surface area contributed by atoms with Gasteiger partial charge in [0.1, 0.15) is 0 Å². The molecule has 0 fully saturated rings. The Labute approximate surface area is 93.5 Å². The van der Waals surface area contributed by atoms with Crippen LogP contribution in [0.15, 0.2) is 18.2 Å². The van der Waals surface area contributed by atoms with E-state index in [9.17, 15) is 25.0 Å². The number of carboxylic acids is 1. The van der Waals surface area contributed by atoms with Crippen LogP contribution < -0.4 is 4.74 Å². The van der Waals surface area contributed by atoms with E-state index in [0.29, 0.717) is 0 Å². The second-order valence-corrected chi connectivity index (χ2v) is 2.85. The number of rotatable bonds is 5. The maximum absolute atomic E-state index is 10.6. The third kappa shape index (κ3) is 3.12. The van der Waals surface area contributed by atoms with E-state index in [1.54, 1.807) is 0 Å². The molecule has 0 radical (unpaired) electrons. The average molecular weight is 242 g/mol. The molecule has 0 spiro atoms. The van der Waals surface area contributed by atoms with E-state index < -0.39 is 39.5 Å². The lowest BCUT2D eigenvalue weighted by atomic mass is 10.2. The van der Waals surface area contributed by atoms with Crippen LogP contribution >= 0.6 is 0 Å². The van der Waals surface area contributed by atoms with Crippen LogP contribution in [-0.4, -0.2) is 27.5 Å². The summed E-state index contributed by atoms with van der Waals surface area (Å²) in [6, 6.07) is 2.63. The monoisotopic (exact) mass is 242 g/mol. The number of carboxylic acid groups (broad SMARTS) is 1. The minimum Gasteiger partial charge on any atom is -0.479 e. The maximum Gasteiger partial charge on any atom is 0.341 e. The van der Waals surface area contributed by atoms with Crippen molar-refractivity contribution in [3.63, 3.8) is 0 Å². The number of hydrogen-bond acceptors (Lipinski definition) is 6. The first-order chi connectivity index (χ1) is 7.91. The number of nitro groups is 2. The molecule has 0 atom stereocenters. The van der Waals surface area contributed by atoms with Gasteiger partial charge in [-0.1, -0.05) is 0 Å². The molecule has 0 aliphatic rings. The lowest BCUT2D eigenvalue weighted by Crippen LogP contribution is -2.10. The molecule has 0 aliphatic heterocycles. The van der Waals surface area contributed by atoms with Crippen LogP contribution in [0.1, 0.15) is 0 Å². The normalized spacial score (nSPS) is 9.65. The summed E-state index contributed by atoms with van der Waals surface area (Å²) < 4.78 is 4.61. The van der Waals surface area contributed by atoms with Crippen LogP contribution in [0.2, 0.25) is 0 Å². The van der Waals surface area contributed by atoms with E-state index in [-0.39, 0.29) is 0 Å². The minimum absolute atomic E-state index is 0.420. The fourth-order valence-electron chi connectivity index (χ4n) is 1.02. The summed E-state index contributed by atoms with van der Waals surface area (Å²) in [5.41, 5.74) is -0.951. The second-order valence-electron chi connectivity index (χ2n) is 2.85. The molecule has 17 heavy (non-hydrogen) atoms. The summed E-state index contributed by atoms with van der Waals surface area (Å²) in [4.78, 5) is 29.7. The number of hydrogen-bond donors (Lipinski definition) is 1. The standard InChI is InChI=1S/C8H6N2O7/c11-8(12)4-17-7-3-5(9(13)14)1-2-6(7)10(15)16/h1-3H,4H2,(H,11,12). The smallest absolute Gasteiger partial charge is 0.341 e. The molecule has 1 N–H and O–H groups in total. The molecule has 9 nitrogen and oxygen atoms in total. The molecule has 1 rings (SSSR count). The van der Waals surface area contributed by atoms with Crippen molar-refractivity contribution in [1.82, 2.24) is 0 Å². The zero-order chi connectivity index (χ0) is 13.0. The molecule has 0 bridgehead atoms. The minimum atomic E-state index is -1.34. The molecular weight excluding hydrogens is 236 g/mol. The Morgan fingerprint density at radius 1 is 1.29 bits per heavy atom. The summed E-state index contributed by atoms with van der Waals surface area (Å²) in [7, 11) is 0. The first kappa shape index (κ1) is 12.4. The molecule has 0 heterocycles. The Morgan fingerprint density at radius 2 is 1.94 bits per heavy atom. The van der Waals surface area contributed by atoms with Crippen molar-refractivity contribution in [2.24, 2.45) is 0 Å². The van der Waals surface area contributed by atoms with Gasteiger partial charge in [0.15, 0.2) is 6.61 Å². The van der Waals surface area contributed by atoms with Crippen molar-refractivity contribution in [2.75, 3.05) is 6.61 Å². The quantitative estimate of drug-likeness (QED) is 0.600. The first-order valence-electron chi connectivity index (χ1n) is 4.19. The number of non-ortho nitro benzene ring substituents is 1. The second kappa shape index (κ2) is 4.88. The van der Waals surface area contributed by atoms with E-state index in [1.165, 1.54) is 0 Å². The van der Waals surface area contributed by atoms with Gasteiger partial charge in [0.25, 0.3) is 5.69 Å². The molecule has 0 aromatic heterocycles. The summed E-state index contributed by atoms with van der Waals surface area (Å²) >= 11 is 0. The van der Waals surface area contributed by atoms with E-state index in [1.807, 2.05) is 0 Å². The molecule has 0 aliphatic carbocycles. The highest BCUT2D eigenvalue weighted by atomic mass is 16.6. The van der Waals surface area contributed by atoms with Gasteiger partial charge in [0.05, 0.1) is 15.9 Å². The lowest BCUT2D eigenvalue weighted by Gasteiger charge is -2.03. The Balaban J connectivity index is 3.11.